The van der Waals surface area contributed by atoms with E-state index < -0.39 is 11.9 Å². The van der Waals surface area contributed by atoms with Gasteiger partial charge >= 0.3 is 5.97 Å². The van der Waals surface area contributed by atoms with Gasteiger partial charge in [0.15, 0.2) is 12.4 Å². The molecule has 0 aliphatic heterocycles. The van der Waals surface area contributed by atoms with Crippen LogP contribution in [-0.2, 0) is 22.4 Å². The van der Waals surface area contributed by atoms with Gasteiger partial charge in [0.05, 0.1) is 0 Å². The molecule has 5 nitrogen and oxygen atoms in total. The summed E-state index contributed by atoms with van der Waals surface area (Å²) in [4.78, 5) is 36.9. The molecular weight excluding hydrogens is 326 g/mol. The molecule has 0 saturated carbocycles. The summed E-state index contributed by atoms with van der Waals surface area (Å²) in [6.07, 6.45) is 3.17. The van der Waals surface area contributed by atoms with Gasteiger partial charge in [-0.25, -0.2) is 4.79 Å². The molecule has 1 heterocycles. The molecule has 0 atom stereocenters. The van der Waals surface area contributed by atoms with Crippen LogP contribution in [0.4, 0.5) is 5.69 Å². The summed E-state index contributed by atoms with van der Waals surface area (Å²) in [6.45, 7) is 1.14. The third kappa shape index (κ3) is 3.71. The van der Waals surface area contributed by atoms with Crippen LogP contribution in [0.3, 0.4) is 0 Å². The van der Waals surface area contributed by atoms with Crippen LogP contribution in [0.25, 0.3) is 0 Å². The first-order chi connectivity index (χ1) is 11.5. The van der Waals surface area contributed by atoms with E-state index in [1.165, 1.54) is 28.7 Å². The molecule has 1 amide bonds. The van der Waals surface area contributed by atoms with E-state index in [0.717, 1.165) is 19.3 Å². The van der Waals surface area contributed by atoms with Gasteiger partial charge in [-0.15, -0.1) is 11.3 Å². The Kier molecular flexibility index (Phi) is 4.76. The number of anilines is 1. The van der Waals surface area contributed by atoms with Gasteiger partial charge in [-0.2, -0.15) is 0 Å². The van der Waals surface area contributed by atoms with Crippen molar-refractivity contribution in [1.29, 1.82) is 0 Å². The van der Waals surface area contributed by atoms with E-state index >= 15 is 0 Å². The number of esters is 1. The predicted octanol–water partition coefficient (Wildman–Crippen LogP) is 3.23. The first kappa shape index (κ1) is 16.4. The molecule has 6 heteroatoms. The molecule has 0 unspecified atom stereocenters. The molecule has 1 aromatic carbocycles. The molecule has 0 spiro atoms. The highest BCUT2D eigenvalue weighted by Gasteiger charge is 2.19. The highest BCUT2D eigenvalue weighted by molar-refractivity contribution is 7.14. The van der Waals surface area contributed by atoms with Gasteiger partial charge in [-0.05, 0) is 62.1 Å². The standard InChI is InChI=1S/C18H17NO4S/c1-11(20)12-5-7-14(8-6-12)19-17(21)10-23-18(22)16-9-13-3-2-4-15(13)24-16/h5-9H,2-4,10H2,1H3,(H,19,21). The van der Waals surface area contributed by atoms with Crippen LogP contribution < -0.4 is 5.32 Å². The Balaban J connectivity index is 1.51. The van der Waals surface area contributed by atoms with Crippen LogP contribution in [-0.4, -0.2) is 24.3 Å². The van der Waals surface area contributed by atoms with Crippen molar-refractivity contribution in [3.63, 3.8) is 0 Å². The second kappa shape index (κ2) is 6.97. The van der Waals surface area contributed by atoms with Crippen molar-refractivity contribution in [3.05, 3.63) is 51.2 Å². The van der Waals surface area contributed by atoms with Crippen LogP contribution >= 0.6 is 11.3 Å². The van der Waals surface area contributed by atoms with Crippen LogP contribution in [0, 0.1) is 0 Å². The van der Waals surface area contributed by atoms with Crippen LogP contribution in [0.1, 0.15) is 43.8 Å². The zero-order valence-corrected chi connectivity index (χ0v) is 14.1. The van der Waals surface area contributed by atoms with E-state index in [2.05, 4.69) is 5.32 Å². The normalized spacial score (nSPS) is 12.5. The van der Waals surface area contributed by atoms with Crippen LogP contribution in [0.15, 0.2) is 30.3 Å². The molecule has 1 N–H and O–H groups in total. The van der Waals surface area contributed by atoms with Gasteiger partial charge in [-0.3, -0.25) is 9.59 Å². The second-order valence-corrected chi connectivity index (χ2v) is 6.81. The van der Waals surface area contributed by atoms with Gasteiger partial charge in [0.25, 0.3) is 5.91 Å². The van der Waals surface area contributed by atoms with Gasteiger partial charge in [0.1, 0.15) is 4.88 Å². The number of ketones is 1. The number of Topliss-reactive ketones (excluding diaryl/α,β-unsaturated/α-hetero) is 1. The predicted molar refractivity (Wildman–Crippen MR) is 91.7 cm³/mol. The molecule has 2 aromatic rings. The molecule has 1 aliphatic carbocycles. The third-order valence-corrected chi connectivity index (χ3v) is 5.07. The fourth-order valence-corrected chi connectivity index (χ4v) is 3.76. The number of rotatable bonds is 5. The Morgan fingerprint density at radius 3 is 2.58 bits per heavy atom. The number of hydrogen-bond acceptors (Lipinski definition) is 5. The quantitative estimate of drug-likeness (QED) is 0.668. The number of hydrogen-bond donors (Lipinski definition) is 1. The number of benzene rings is 1. The van der Waals surface area contributed by atoms with Crippen molar-refractivity contribution >= 4 is 34.7 Å². The lowest BCUT2D eigenvalue weighted by Crippen LogP contribution is -2.20. The van der Waals surface area contributed by atoms with Gasteiger partial charge in [-0.1, -0.05) is 0 Å². The molecule has 0 fully saturated rings. The van der Waals surface area contributed by atoms with Crippen LogP contribution in [0.5, 0.6) is 0 Å². The molecule has 1 aliphatic rings. The highest BCUT2D eigenvalue weighted by atomic mass is 32.1. The Hall–Kier alpha value is -2.47. The monoisotopic (exact) mass is 343 g/mol. The molecule has 1 aromatic heterocycles. The average Bonchev–Trinajstić information content (AvgIpc) is 3.14. The lowest BCUT2D eigenvalue weighted by molar-refractivity contribution is -0.119. The van der Waals surface area contributed by atoms with E-state index in [4.69, 9.17) is 4.74 Å². The molecule has 0 radical (unpaired) electrons. The summed E-state index contributed by atoms with van der Waals surface area (Å²) < 4.78 is 5.07. The number of fused-ring (bicyclic) bond motifs is 1. The maximum Gasteiger partial charge on any atom is 0.348 e. The Morgan fingerprint density at radius 1 is 1.17 bits per heavy atom. The number of ether oxygens (including phenoxy) is 1. The third-order valence-electron chi connectivity index (χ3n) is 3.86. The van der Waals surface area contributed by atoms with E-state index in [1.807, 2.05) is 6.07 Å². The summed E-state index contributed by atoms with van der Waals surface area (Å²) in [5.74, 6) is -0.913. The number of aryl methyl sites for hydroxylation is 2. The Morgan fingerprint density at radius 2 is 1.92 bits per heavy atom. The van der Waals surface area contributed by atoms with Crippen molar-refractivity contribution < 1.29 is 19.1 Å². The zero-order chi connectivity index (χ0) is 17.1. The maximum atomic E-state index is 12.0. The summed E-state index contributed by atoms with van der Waals surface area (Å²) >= 11 is 1.45. The van der Waals surface area contributed by atoms with Crippen molar-refractivity contribution in [2.45, 2.75) is 26.2 Å². The van der Waals surface area contributed by atoms with Crippen molar-refractivity contribution in [1.82, 2.24) is 0 Å². The number of carbonyl (C=O) groups excluding carboxylic acids is 3. The zero-order valence-electron chi connectivity index (χ0n) is 13.3. The Bertz CT molecular complexity index is 770. The molecule has 124 valence electrons. The first-order valence-electron chi connectivity index (χ1n) is 7.72. The van der Waals surface area contributed by atoms with Crippen molar-refractivity contribution in [2.75, 3.05) is 11.9 Å². The molecule has 0 saturated heterocycles. The lowest BCUT2D eigenvalue weighted by Gasteiger charge is -2.06. The smallest absolute Gasteiger partial charge is 0.348 e. The largest absolute Gasteiger partial charge is 0.451 e. The minimum absolute atomic E-state index is 0.0374. The van der Waals surface area contributed by atoms with E-state index in [-0.39, 0.29) is 12.4 Å². The maximum absolute atomic E-state index is 12.0. The first-order valence-corrected chi connectivity index (χ1v) is 8.54. The van der Waals surface area contributed by atoms with Gasteiger partial charge < -0.3 is 10.1 Å². The SMILES string of the molecule is CC(=O)c1ccc(NC(=O)COC(=O)c2cc3c(s2)CCC3)cc1. The van der Waals surface area contributed by atoms with Crippen molar-refractivity contribution in [3.8, 4) is 0 Å². The number of amides is 1. The number of thiophene rings is 1. The number of carbonyl (C=O) groups is 3. The number of nitrogens with one attached hydrogen (secondary N) is 1. The topological polar surface area (TPSA) is 72.5 Å². The van der Waals surface area contributed by atoms with Gasteiger partial charge in [0.2, 0.25) is 0 Å². The van der Waals surface area contributed by atoms with Crippen LogP contribution in [0.2, 0.25) is 0 Å². The summed E-state index contributed by atoms with van der Waals surface area (Å²) in [5, 5.41) is 2.63. The highest BCUT2D eigenvalue weighted by Crippen LogP contribution is 2.30. The molecule has 3 rings (SSSR count). The molecule has 24 heavy (non-hydrogen) atoms. The Labute approximate surface area is 143 Å². The van der Waals surface area contributed by atoms with E-state index in [1.54, 1.807) is 24.3 Å². The van der Waals surface area contributed by atoms with E-state index in [0.29, 0.717) is 16.1 Å². The minimum atomic E-state index is -0.462. The second-order valence-electron chi connectivity index (χ2n) is 5.67. The average molecular weight is 343 g/mol. The fourth-order valence-electron chi connectivity index (χ4n) is 2.62. The fraction of sp³-hybridized carbons (Fsp3) is 0.278. The summed E-state index contributed by atoms with van der Waals surface area (Å²) in [6, 6.07) is 8.42. The van der Waals surface area contributed by atoms with Crippen molar-refractivity contribution in [2.24, 2.45) is 0 Å². The molecular formula is C18H17NO4S. The molecule has 0 bridgehead atoms. The van der Waals surface area contributed by atoms with Gasteiger partial charge in [0, 0.05) is 16.1 Å². The summed E-state index contributed by atoms with van der Waals surface area (Å²) in [5.41, 5.74) is 2.35. The van der Waals surface area contributed by atoms with E-state index in [9.17, 15) is 14.4 Å². The summed E-state index contributed by atoms with van der Waals surface area (Å²) in [7, 11) is 0. The minimum Gasteiger partial charge on any atom is -0.451 e. The lowest BCUT2D eigenvalue weighted by atomic mass is 10.1.